The Balaban J connectivity index is 1.23. The maximum absolute atomic E-state index is 13.9. The zero-order chi connectivity index (χ0) is 20.2. The summed E-state index contributed by atoms with van der Waals surface area (Å²) in [5, 5.41) is 6.06. The molecule has 1 saturated heterocycles. The van der Waals surface area contributed by atoms with Crippen LogP contribution in [0.4, 0.5) is 14.9 Å². The molecule has 0 unspecified atom stereocenters. The third-order valence-electron chi connectivity index (χ3n) is 5.90. The lowest BCUT2D eigenvalue weighted by atomic mass is 10.0. The lowest BCUT2D eigenvalue weighted by Gasteiger charge is -2.32. The fourth-order valence-corrected chi connectivity index (χ4v) is 4.30. The van der Waals surface area contributed by atoms with Gasteiger partial charge in [-0.25, -0.2) is 9.18 Å². The number of ether oxygens (including phenoxy) is 1. The Morgan fingerprint density at radius 1 is 1.14 bits per heavy atom. The summed E-state index contributed by atoms with van der Waals surface area (Å²) in [7, 11) is 1.47. The molecule has 0 saturated carbocycles. The second-order valence-electron chi connectivity index (χ2n) is 7.95. The third-order valence-corrected chi connectivity index (χ3v) is 5.90. The standard InChI is InChI=1S/C23H28FN3O2/c1-29-22-8-5-16(13-21(22)24)15-27-11-9-19(10-12-27)25-23(28)26-20-7-6-17-3-2-4-18(17)14-20/h5-8,13-14,19H,2-4,9-12,15H2,1H3,(H2,25,26,28). The molecule has 1 aliphatic carbocycles. The van der Waals surface area contributed by atoms with Crippen LogP contribution in [0.5, 0.6) is 5.75 Å². The van der Waals surface area contributed by atoms with E-state index in [1.54, 1.807) is 6.07 Å². The first-order valence-corrected chi connectivity index (χ1v) is 10.3. The van der Waals surface area contributed by atoms with Gasteiger partial charge in [-0.05, 0) is 73.1 Å². The van der Waals surface area contributed by atoms with Crippen molar-refractivity contribution in [2.75, 3.05) is 25.5 Å². The Morgan fingerprint density at radius 2 is 1.93 bits per heavy atom. The van der Waals surface area contributed by atoms with Crippen LogP contribution in [0.15, 0.2) is 36.4 Å². The first kappa shape index (κ1) is 19.7. The second-order valence-corrected chi connectivity index (χ2v) is 7.95. The van der Waals surface area contributed by atoms with Crippen LogP contribution in [0.1, 0.15) is 36.0 Å². The van der Waals surface area contributed by atoms with Crippen LogP contribution in [0.25, 0.3) is 0 Å². The van der Waals surface area contributed by atoms with Crippen molar-refractivity contribution in [1.29, 1.82) is 0 Å². The number of nitrogens with one attached hydrogen (secondary N) is 2. The molecule has 5 nitrogen and oxygen atoms in total. The maximum Gasteiger partial charge on any atom is 0.319 e. The number of carbonyl (C=O) groups is 1. The van der Waals surface area contributed by atoms with Gasteiger partial charge in [-0.15, -0.1) is 0 Å². The van der Waals surface area contributed by atoms with E-state index in [2.05, 4.69) is 27.7 Å². The number of fused-ring (bicyclic) bond motifs is 1. The predicted molar refractivity (Wildman–Crippen MR) is 112 cm³/mol. The van der Waals surface area contributed by atoms with E-state index in [0.29, 0.717) is 6.54 Å². The topological polar surface area (TPSA) is 53.6 Å². The fourth-order valence-electron chi connectivity index (χ4n) is 4.30. The molecule has 6 heteroatoms. The molecule has 0 bridgehead atoms. The van der Waals surface area contributed by atoms with E-state index in [-0.39, 0.29) is 23.6 Å². The van der Waals surface area contributed by atoms with Crippen molar-refractivity contribution in [3.8, 4) is 5.75 Å². The van der Waals surface area contributed by atoms with Crippen molar-refractivity contribution in [3.05, 3.63) is 58.9 Å². The molecule has 0 aromatic heterocycles. The summed E-state index contributed by atoms with van der Waals surface area (Å²) >= 11 is 0. The second kappa shape index (κ2) is 8.82. The number of rotatable bonds is 5. The Hall–Kier alpha value is -2.60. The molecule has 2 aromatic carbocycles. The Labute approximate surface area is 171 Å². The first-order chi connectivity index (χ1) is 14.1. The summed E-state index contributed by atoms with van der Waals surface area (Å²) in [6, 6.07) is 11.3. The lowest BCUT2D eigenvalue weighted by molar-refractivity contribution is 0.189. The summed E-state index contributed by atoms with van der Waals surface area (Å²) < 4.78 is 18.8. The summed E-state index contributed by atoms with van der Waals surface area (Å²) in [5.41, 5.74) is 4.55. The molecular weight excluding hydrogens is 369 g/mol. The largest absolute Gasteiger partial charge is 0.494 e. The maximum atomic E-state index is 13.9. The number of halogens is 1. The van der Waals surface area contributed by atoms with Gasteiger partial charge in [0, 0.05) is 31.4 Å². The average molecular weight is 397 g/mol. The molecule has 0 radical (unpaired) electrons. The number of likely N-dealkylation sites (tertiary alicyclic amines) is 1. The van der Waals surface area contributed by atoms with Crippen molar-refractivity contribution in [1.82, 2.24) is 10.2 Å². The van der Waals surface area contributed by atoms with Crippen LogP contribution in [0, 0.1) is 5.82 Å². The SMILES string of the molecule is COc1ccc(CN2CCC(NC(=O)Nc3ccc4c(c3)CCC4)CC2)cc1F. The molecule has 1 aliphatic heterocycles. The van der Waals surface area contributed by atoms with Gasteiger partial charge in [0.15, 0.2) is 11.6 Å². The highest BCUT2D eigenvalue weighted by Crippen LogP contribution is 2.25. The van der Waals surface area contributed by atoms with Crippen LogP contribution >= 0.6 is 0 Å². The number of hydrogen-bond acceptors (Lipinski definition) is 3. The molecule has 0 spiro atoms. The Bertz CT molecular complexity index is 878. The monoisotopic (exact) mass is 397 g/mol. The minimum atomic E-state index is -0.329. The Kier molecular flexibility index (Phi) is 6.00. The smallest absolute Gasteiger partial charge is 0.319 e. The number of anilines is 1. The van der Waals surface area contributed by atoms with E-state index in [1.807, 2.05) is 12.1 Å². The van der Waals surface area contributed by atoms with Crippen molar-refractivity contribution in [2.24, 2.45) is 0 Å². The number of urea groups is 1. The van der Waals surface area contributed by atoms with Crippen molar-refractivity contribution < 1.29 is 13.9 Å². The van der Waals surface area contributed by atoms with E-state index in [4.69, 9.17) is 4.74 Å². The van der Waals surface area contributed by atoms with Gasteiger partial charge in [-0.1, -0.05) is 12.1 Å². The summed E-state index contributed by atoms with van der Waals surface area (Å²) in [4.78, 5) is 14.7. The van der Waals surface area contributed by atoms with Crippen molar-refractivity contribution >= 4 is 11.7 Å². The number of carbonyl (C=O) groups excluding carboxylic acids is 1. The Morgan fingerprint density at radius 3 is 2.69 bits per heavy atom. The highest BCUT2D eigenvalue weighted by molar-refractivity contribution is 5.89. The first-order valence-electron chi connectivity index (χ1n) is 10.3. The normalized spacial score (nSPS) is 17.0. The molecule has 2 amide bonds. The number of aryl methyl sites for hydroxylation is 2. The number of amides is 2. The molecule has 0 atom stereocenters. The zero-order valence-corrected chi connectivity index (χ0v) is 16.8. The zero-order valence-electron chi connectivity index (χ0n) is 16.8. The number of methoxy groups -OCH3 is 1. The minimum Gasteiger partial charge on any atom is -0.494 e. The quantitative estimate of drug-likeness (QED) is 0.798. The molecule has 154 valence electrons. The molecule has 1 heterocycles. The summed E-state index contributed by atoms with van der Waals surface area (Å²) in [6.45, 7) is 2.45. The van der Waals surface area contributed by atoms with Crippen molar-refractivity contribution in [2.45, 2.75) is 44.7 Å². The van der Waals surface area contributed by atoms with Gasteiger partial charge in [-0.3, -0.25) is 4.90 Å². The van der Waals surface area contributed by atoms with E-state index in [9.17, 15) is 9.18 Å². The van der Waals surface area contributed by atoms with E-state index >= 15 is 0 Å². The highest BCUT2D eigenvalue weighted by Gasteiger charge is 2.21. The van der Waals surface area contributed by atoms with Crippen molar-refractivity contribution in [3.63, 3.8) is 0 Å². The molecule has 2 N–H and O–H groups in total. The third kappa shape index (κ3) is 4.88. The fraction of sp³-hybridized carbons (Fsp3) is 0.435. The van der Waals surface area contributed by atoms with Crippen LogP contribution in [0.2, 0.25) is 0 Å². The highest BCUT2D eigenvalue weighted by atomic mass is 19.1. The number of hydrogen-bond donors (Lipinski definition) is 2. The van der Waals surface area contributed by atoms with Crippen LogP contribution in [0.3, 0.4) is 0 Å². The molecule has 2 aromatic rings. The van der Waals surface area contributed by atoms with Gasteiger partial charge in [0.2, 0.25) is 0 Å². The minimum absolute atomic E-state index is 0.140. The van der Waals surface area contributed by atoms with Gasteiger partial charge in [-0.2, -0.15) is 0 Å². The van der Waals surface area contributed by atoms with E-state index < -0.39 is 0 Å². The van der Waals surface area contributed by atoms with Gasteiger partial charge < -0.3 is 15.4 Å². The lowest BCUT2D eigenvalue weighted by Crippen LogP contribution is -2.45. The van der Waals surface area contributed by atoms with Gasteiger partial charge in [0.25, 0.3) is 0 Å². The van der Waals surface area contributed by atoms with Crippen LogP contribution in [-0.2, 0) is 19.4 Å². The number of nitrogens with zero attached hydrogens (tertiary/aromatic N) is 1. The molecule has 1 fully saturated rings. The van der Waals surface area contributed by atoms with Gasteiger partial charge >= 0.3 is 6.03 Å². The molecular formula is C23H28FN3O2. The summed E-state index contributed by atoms with van der Waals surface area (Å²) in [5.74, 6) is -0.0594. The number of benzene rings is 2. The average Bonchev–Trinajstić information content (AvgIpc) is 3.17. The van der Waals surface area contributed by atoms with E-state index in [1.165, 1.54) is 30.7 Å². The summed E-state index contributed by atoms with van der Waals surface area (Å²) in [6.07, 6.45) is 5.21. The van der Waals surface area contributed by atoms with Crippen LogP contribution < -0.4 is 15.4 Å². The van der Waals surface area contributed by atoms with Gasteiger partial charge in [0.05, 0.1) is 7.11 Å². The number of piperidine rings is 1. The van der Waals surface area contributed by atoms with E-state index in [0.717, 1.165) is 50.0 Å². The predicted octanol–water partition coefficient (Wildman–Crippen LogP) is 4.11. The van der Waals surface area contributed by atoms with Gasteiger partial charge in [0.1, 0.15) is 0 Å². The molecule has 29 heavy (non-hydrogen) atoms. The molecule has 2 aliphatic rings. The molecule has 4 rings (SSSR count). The van der Waals surface area contributed by atoms with Crippen LogP contribution in [-0.4, -0.2) is 37.2 Å².